The van der Waals surface area contributed by atoms with Gasteiger partial charge in [0.2, 0.25) is 0 Å². The molecule has 0 spiro atoms. The van der Waals surface area contributed by atoms with Crippen LogP contribution in [-0.4, -0.2) is 16.8 Å². The van der Waals surface area contributed by atoms with Crippen molar-refractivity contribution in [3.05, 3.63) is 64.1 Å². The Morgan fingerprint density at radius 1 is 1.12 bits per heavy atom. The molecule has 1 aliphatic rings. The molecule has 0 unspecified atom stereocenters. The van der Waals surface area contributed by atoms with Crippen LogP contribution < -0.4 is 14.8 Å². The highest BCUT2D eigenvalue weighted by Crippen LogP contribution is 2.32. The second-order valence-corrected chi connectivity index (χ2v) is 7.48. The minimum absolute atomic E-state index is 0.169. The molecule has 1 saturated heterocycles. The summed E-state index contributed by atoms with van der Waals surface area (Å²) in [6, 6.07) is 13.9. The van der Waals surface area contributed by atoms with Crippen molar-refractivity contribution in [2.75, 3.05) is 6.61 Å². The minimum Gasteiger partial charge on any atom is -0.490 e. The van der Waals surface area contributed by atoms with E-state index in [1.165, 1.54) is 17.3 Å². The van der Waals surface area contributed by atoms with E-state index in [-0.39, 0.29) is 5.91 Å². The van der Waals surface area contributed by atoms with Crippen LogP contribution in [0.4, 0.5) is 0 Å². The summed E-state index contributed by atoms with van der Waals surface area (Å²) >= 11 is 6.27. The van der Waals surface area contributed by atoms with E-state index in [4.69, 9.17) is 21.7 Å². The fourth-order valence-electron chi connectivity index (χ4n) is 2.42. The standard InChI is InChI=1S/C20H19NO3S2/c1-3-23-17-10-15(11-18-19(22)21-20(25)26-18)8-9-16(17)24-12-14-6-4-13(2)5-7-14/h4-11H,3,12H2,1-2H3,(H,21,22,25). The summed E-state index contributed by atoms with van der Waals surface area (Å²) < 4.78 is 12.1. The quantitative estimate of drug-likeness (QED) is 0.588. The lowest BCUT2D eigenvalue weighted by molar-refractivity contribution is -0.115. The number of carbonyl (C=O) groups is 1. The Morgan fingerprint density at radius 2 is 1.88 bits per heavy atom. The summed E-state index contributed by atoms with van der Waals surface area (Å²) in [5.74, 6) is 1.16. The van der Waals surface area contributed by atoms with Gasteiger partial charge in [-0.1, -0.05) is 59.9 Å². The van der Waals surface area contributed by atoms with Crippen molar-refractivity contribution in [1.82, 2.24) is 5.32 Å². The van der Waals surface area contributed by atoms with E-state index in [1.54, 1.807) is 6.08 Å². The van der Waals surface area contributed by atoms with E-state index in [0.29, 0.717) is 33.9 Å². The van der Waals surface area contributed by atoms with E-state index in [0.717, 1.165) is 11.1 Å². The lowest BCUT2D eigenvalue weighted by Crippen LogP contribution is -2.17. The highest BCUT2D eigenvalue weighted by Gasteiger charge is 2.22. The van der Waals surface area contributed by atoms with Gasteiger partial charge < -0.3 is 14.8 Å². The van der Waals surface area contributed by atoms with Gasteiger partial charge in [0.1, 0.15) is 10.9 Å². The number of aryl methyl sites for hydroxylation is 1. The van der Waals surface area contributed by atoms with E-state index in [1.807, 2.05) is 37.3 Å². The first-order valence-corrected chi connectivity index (χ1v) is 9.47. The monoisotopic (exact) mass is 385 g/mol. The van der Waals surface area contributed by atoms with Crippen molar-refractivity contribution < 1.29 is 14.3 Å². The second kappa shape index (κ2) is 8.38. The molecular formula is C20H19NO3S2. The molecule has 1 N–H and O–H groups in total. The van der Waals surface area contributed by atoms with Gasteiger partial charge in [0, 0.05) is 0 Å². The number of amides is 1. The Balaban J connectivity index is 1.78. The first kappa shape index (κ1) is 18.5. The summed E-state index contributed by atoms with van der Waals surface area (Å²) in [5.41, 5.74) is 3.17. The molecule has 1 heterocycles. The van der Waals surface area contributed by atoms with Crippen molar-refractivity contribution in [2.24, 2.45) is 0 Å². The number of benzene rings is 2. The Morgan fingerprint density at radius 3 is 2.54 bits per heavy atom. The molecule has 0 saturated carbocycles. The van der Waals surface area contributed by atoms with Gasteiger partial charge in [-0.15, -0.1) is 0 Å². The molecule has 4 nitrogen and oxygen atoms in total. The van der Waals surface area contributed by atoms with Gasteiger partial charge >= 0.3 is 0 Å². The Hall–Kier alpha value is -2.31. The van der Waals surface area contributed by atoms with Crippen LogP contribution in [0, 0.1) is 6.92 Å². The zero-order valence-corrected chi connectivity index (χ0v) is 16.2. The van der Waals surface area contributed by atoms with Crippen LogP contribution in [0.5, 0.6) is 11.5 Å². The van der Waals surface area contributed by atoms with E-state index in [2.05, 4.69) is 24.4 Å². The zero-order valence-electron chi connectivity index (χ0n) is 14.6. The molecule has 134 valence electrons. The number of thioether (sulfide) groups is 1. The minimum atomic E-state index is -0.169. The van der Waals surface area contributed by atoms with Crippen LogP contribution in [0.2, 0.25) is 0 Å². The fourth-order valence-corrected chi connectivity index (χ4v) is 3.46. The van der Waals surface area contributed by atoms with Gasteiger partial charge in [-0.3, -0.25) is 4.79 Å². The number of ether oxygens (including phenoxy) is 2. The summed E-state index contributed by atoms with van der Waals surface area (Å²) in [4.78, 5) is 12.4. The van der Waals surface area contributed by atoms with Crippen LogP contribution >= 0.6 is 24.0 Å². The van der Waals surface area contributed by atoms with Crippen LogP contribution in [0.3, 0.4) is 0 Å². The number of carbonyl (C=O) groups excluding carboxylic acids is 1. The molecule has 1 aliphatic heterocycles. The second-order valence-electron chi connectivity index (χ2n) is 5.77. The van der Waals surface area contributed by atoms with Gasteiger partial charge in [-0.2, -0.15) is 0 Å². The van der Waals surface area contributed by atoms with Crippen LogP contribution in [-0.2, 0) is 11.4 Å². The Kier molecular flexibility index (Phi) is 5.96. The topological polar surface area (TPSA) is 47.6 Å². The lowest BCUT2D eigenvalue weighted by Gasteiger charge is -2.13. The van der Waals surface area contributed by atoms with Gasteiger partial charge in [0.15, 0.2) is 11.5 Å². The molecule has 3 rings (SSSR count). The van der Waals surface area contributed by atoms with Gasteiger partial charge in [0.05, 0.1) is 11.5 Å². The summed E-state index contributed by atoms with van der Waals surface area (Å²) in [5, 5.41) is 2.61. The molecule has 26 heavy (non-hydrogen) atoms. The number of nitrogens with one attached hydrogen (secondary N) is 1. The van der Waals surface area contributed by atoms with Crippen LogP contribution in [0.15, 0.2) is 47.4 Å². The number of hydrogen-bond donors (Lipinski definition) is 1. The number of hydrogen-bond acceptors (Lipinski definition) is 5. The maximum absolute atomic E-state index is 11.8. The van der Waals surface area contributed by atoms with Crippen molar-refractivity contribution in [3.8, 4) is 11.5 Å². The highest BCUT2D eigenvalue weighted by atomic mass is 32.2. The molecule has 0 atom stereocenters. The molecule has 0 bridgehead atoms. The summed E-state index contributed by atoms with van der Waals surface area (Å²) in [6.45, 7) is 4.97. The predicted molar refractivity (Wildman–Crippen MR) is 109 cm³/mol. The van der Waals surface area contributed by atoms with Crippen molar-refractivity contribution in [1.29, 1.82) is 0 Å². The molecule has 6 heteroatoms. The van der Waals surface area contributed by atoms with Crippen molar-refractivity contribution in [3.63, 3.8) is 0 Å². The first-order valence-electron chi connectivity index (χ1n) is 8.25. The highest BCUT2D eigenvalue weighted by molar-refractivity contribution is 8.26. The summed E-state index contributed by atoms with van der Waals surface area (Å²) in [7, 11) is 0. The SMILES string of the molecule is CCOc1cc(C=C2SC(=S)NC2=O)ccc1OCc1ccc(C)cc1. The number of thiocarbonyl (C=S) groups is 1. The lowest BCUT2D eigenvalue weighted by atomic mass is 10.1. The third-order valence-corrected chi connectivity index (χ3v) is 4.89. The fraction of sp³-hybridized carbons (Fsp3) is 0.200. The molecular weight excluding hydrogens is 366 g/mol. The van der Waals surface area contributed by atoms with E-state index < -0.39 is 0 Å². The molecule has 1 amide bonds. The zero-order chi connectivity index (χ0) is 18.5. The van der Waals surface area contributed by atoms with Crippen LogP contribution in [0.25, 0.3) is 6.08 Å². The largest absolute Gasteiger partial charge is 0.490 e. The van der Waals surface area contributed by atoms with E-state index in [9.17, 15) is 4.79 Å². The smallest absolute Gasteiger partial charge is 0.263 e. The van der Waals surface area contributed by atoms with Gasteiger partial charge in [-0.25, -0.2) is 0 Å². The summed E-state index contributed by atoms with van der Waals surface area (Å²) in [6.07, 6.45) is 1.80. The first-order chi connectivity index (χ1) is 12.5. The van der Waals surface area contributed by atoms with Crippen LogP contribution in [0.1, 0.15) is 23.6 Å². The third kappa shape index (κ3) is 4.65. The molecule has 0 aliphatic carbocycles. The predicted octanol–water partition coefficient (Wildman–Crippen LogP) is 4.46. The molecule has 1 fully saturated rings. The van der Waals surface area contributed by atoms with Crippen molar-refractivity contribution >= 4 is 40.3 Å². The Bertz CT molecular complexity index is 860. The normalized spacial score (nSPS) is 15.2. The van der Waals surface area contributed by atoms with E-state index >= 15 is 0 Å². The van der Waals surface area contributed by atoms with Gasteiger partial charge in [-0.05, 0) is 43.2 Å². The Labute approximate surface area is 162 Å². The van der Waals surface area contributed by atoms with Crippen molar-refractivity contribution in [2.45, 2.75) is 20.5 Å². The van der Waals surface area contributed by atoms with Gasteiger partial charge in [0.25, 0.3) is 5.91 Å². The maximum atomic E-state index is 11.8. The average Bonchev–Trinajstić information content (AvgIpc) is 2.93. The molecule has 2 aromatic rings. The average molecular weight is 386 g/mol. The molecule has 0 aromatic heterocycles. The third-order valence-electron chi connectivity index (χ3n) is 3.72. The maximum Gasteiger partial charge on any atom is 0.263 e. The molecule has 0 radical (unpaired) electrons. The number of rotatable bonds is 6. The molecule has 2 aromatic carbocycles.